The number of likely N-dealkylation sites (tertiary alicyclic amines) is 1. The van der Waals surface area contributed by atoms with Crippen LogP contribution in [0.25, 0.3) is 11.4 Å². The summed E-state index contributed by atoms with van der Waals surface area (Å²) >= 11 is 0. The highest BCUT2D eigenvalue weighted by atomic mass is 19.4. The highest BCUT2D eigenvalue weighted by Gasteiger charge is 2.68. The molecule has 9 nitrogen and oxygen atoms in total. The number of carbonyl (C=O) groups is 1. The zero-order valence-corrected chi connectivity index (χ0v) is 15.4. The molecule has 0 saturated carbocycles. The normalized spacial score (nSPS) is 21.7. The Labute approximate surface area is 163 Å². The van der Waals surface area contributed by atoms with E-state index in [0.29, 0.717) is 31.0 Å². The number of alkyl halides is 3. The van der Waals surface area contributed by atoms with E-state index in [0.717, 1.165) is 5.56 Å². The maximum absolute atomic E-state index is 13.3. The number of nitrogens with zero attached hydrogens (tertiary/aromatic N) is 6. The van der Waals surface area contributed by atoms with Crippen LogP contribution < -0.4 is 4.74 Å². The molecule has 154 valence electrons. The summed E-state index contributed by atoms with van der Waals surface area (Å²) in [6.07, 6.45) is -4.60. The average Bonchev–Trinajstić information content (AvgIpc) is 3.37. The first-order chi connectivity index (χ1) is 13.8. The molecule has 1 amide bonds. The summed E-state index contributed by atoms with van der Waals surface area (Å²) in [6.45, 7) is 1.91. The number of nitrogens with one attached hydrogen (secondary N) is 1. The molecule has 2 atom stereocenters. The molecule has 0 bridgehead atoms. The van der Waals surface area contributed by atoms with Crippen molar-refractivity contribution in [3.63, 3.8) is 0 Å². The second-order valence-electron chi connectivity index (χ2n) is 7.07. The molecule has 12 heteroatoms. The predicted molar refractivity (Wildman–Crippen MR) is 92.6 cm³/mol. The minimum atomic E-state index is -4.54. The van der Waals surface area contributed by atoms with E-state index < -0.39 is 23.9 Å². The number of aromatic amines is 1. The lowest BCUT2D eigenvalue weighted by atomic mass is 9.87. The van der Waals surface area contributed by atoms with E-state index >= 15 is 0 Å². The van der Waals surface area contributed by atoms with Crippen LogP contribution in [0.1, 0.15) is 19.8 Å². The van der Waals surface area contributed by atoms with Crippen molar-refractivity contribution in [2.75, 3.05) is 13.1 Å². The van der Waals surface area contributed by atoms with Crippen molar-refractivity contribution in [3.8, 4) is 17.1 Å². The number of aromatic nitrogens is 4. The lowest BCUT2D eigenvalue weighted by molar-refractivity contribution is -0.182. The second kappa shape index (κ2) is 7.08. The molecule has 0 spiro atoms. The number of piperidine rings is 1. The van der Waals surface area contributed by atoms with Gasteiger partial charge in [-0.25, -0.2) is 0 Å². The molecule has 4 rings (SSSR count). The minimum absolute atomic E-state index is 0.0458. The van der Waals surface area contributed by atoms with Crippen molar-refractivity contribution >= 4 is 5.91 Å². The van der Waals surface area contributed by atoms with Crippen molar-refractivity contribution < 1.29 is 22.7 Å². The Morgan fingerprint density at radius 3 is 2.62 bits per heavy atom. The van der Waals surface area contributed by atoms with Crippen LogP contribution in [-0.4, -0.2) is 62.5 Å². The van der Waals surface area contributed by atoms with Gasteiger partial charge < -0.3 is 9.64 Å². The van der Waals surface area contributed by atoms with E-state index in [-0.39, 0.29) is 12.5 Å². The topological polar surface area (TPSA) is 109 Å². The lowest BCUT2D eigenvalue weighted by Crippen LogP contribution is -2.52. The van der Waals surface area contributed by atoms with Crippen LogP contribution in [0, 0.1) is 5.92 Å². The van der Waals surface area contributed by atoms with Crippen LogP contribution in [-0.2, 0) is 4.79 Å². The van der Waals surface area contributed by atoms with Gasteiger partial charge in [0.05, 0.1) is 0 Å². The highest BCUT2D eigenvalue weighted by molar-refractivity contribution is 5.81. The van der Waals surface area contributed by atoms with E-state index in [1.54, 1.807) is 31.2 Å². The first-order valence-electron chi connectivity index (χ1n) is 9.10. The maximum Gasteiger partial charge on any atom is 0.438 e. The van der Waals surface area contributed by atoms with Gasteiger partial charge in [-0.2, -0.15) is 18.4 Å². The molecule has 0 aliphatic carbocycles. The summed E-state index contributed by atoms with van der Waals surface area (Å²) in [4.78, 5) is 14.1. The Morgan fingerprint density at radius 1 is 1.31 bits per heavy atom. The molecule has 1 aromatic carbocycles. The third-order valence-corrected chi connectivity index (χ3v) is 5.15. The first-order valence-corrected chi connectivity index (χ1v) is 9.10. The molecule has 1 fully saturated rings. The number of halogens is 3. The molecular formula is C17H18F3N7O2. The van der Waals surface area contributed by atoms with Gasteiger partial charge in [-0.3, -0.25) is 4.79 Å². The Morgan fingerprint density at radius 2 is 2.03 bits per heavy atom. The first kappa shape index (κ1) is 19.3. The van der Waals surface area contributed by atoms with Crippen LogP contribution in [0.15, 0.2) is 34.5 Å². The summed E-state index contributed by atoms with van der Waals surface area (Å²) in [5, 5.41) is 20.1. The molecule has 2 aliphatic heterocycles. The fourth-order valence-corrected chi connectivity index (χ4v) is 3.55. The number of carbonyl (C=O) groups excluding carboxylic acids is 1. The molecular weight excluding hydrogens is 391 g/mol. The van der Waals surface area contributed by atoms with Gasteiger partial charge in [0, 0.05) is 24.6 Å². The van der Waals surface area contributed by atoms with E-state index in [4.69, 9.17) is 4.74 Å². The van der Waals surface area contributed by atoms with Gasteiger partial charge in [0.1, 0.15) is 5.75 Å². The maximum atomic E-state index is 13.3. The quantitative estimate of drug-likeness (QED) is 0.817. The smallest absolute Gasteiger partial charge is 0.438 e. The van der Waals surface area contributed by atoms with E-state index in [2.05, 4.69) is 30.9 Å². The number of tetrazole rings is 1. The van der Waals surface area contributed by atoms with Crippen molar-refractivity contribution in [1.82, 2.24) is 25.5 Å². The standard InChI is InChI=1S/C17H18F3N7O2/c1-10(29-13-6-4-11(5-7-13)14-21-25-26-22-14)15(28)27-8-2-3-12(9-27)16(23-24-16)17(18,19)20/h4-7,10,12H,2-3,8-9H2,1H3,(H,21,22,25,26). The Bertz CT molecular complexity index is 893. The zero-order chi connectivity index (χ0) is 20.6. The van der Waals surface area contributed by atoms with Crippen molar-refractivity contribution in [3.05, 3.63) is 24.3 Å². The number of benzene rings is 1. The van der Waals surface area contributed by atoms with Gasteiger partial charge in [0.2, 0.25) is 5.82 Å². The van der Waals surface area contributed by atoms with Crippen molar-refractivity contribution in [1.29, 1.82) is 0 Å². The molecule has 2 aromatic rings. The largest absolute Gasteiger partial charge is 0.481 e. The Kier molecular flexibility index (Phi) is 4.71. The van der Waals surface area contributed by atoms with E-state index in [1.165, 1.54) is 4.90 Å². The van der Waals surface area contributed by atoms with Gasteiger partial charge >= 0.3 is 6.18 Å². The lowest BCUT2D eigenvalue weighted by Gasteiger charge is -2.36. The Balaban J connectivity index is 1.38. The summed E-state index contributed by atoms with van der Waals surface area (Å²) in [5.41, 5.74) is -1.63. The molecule has 1 aromatic heterocycles. The van der Waals surface area contributed by atoms with Crippen molar-refractivity contribution in [2.24, 2.45) is 16.1 Å². The average molecular weight is 409 g/mol. The van der Waals surface area contributed by atoms with Gasteiger partial charge in [-0.15, -0.1) is 20.4 Å². The summed E-state index contributed by atoms with van der Waals surface area (Å²) in [5.74, 6) is -0.350. The monoisotopic (exact) mass is 409 g/mol. The fraction of sp³-hybridized carbons (Fsp3) is 0.529. The summed E-state index contributed by atoms with van der Waals surface area (Å²) < 4.78 is 45.5. The van der Waals surface area contributed by atoms with E-state index in [1.807, 2.05) is 0 Å². The van der Waals surface area contributed by atoms with Crippen molar-refractivity contribution in [2.45, 2.75) is 37.7 Å². The summed E-state index contributed by atoms with van der Waals surface area (Å²) in [7, 11) is 0. The third kappa shape index (κ3) is 3.66. The van der Waals surface area contributed by atoms with Crippen LogP contribution in [0.4, 0.5) is 13.2 Å². The molecule has 0 radical (unpaired) electrons. The zero-order valence-electron chi connectivity index (χ0n) is 15.4. The number of hydrogen-bond acceptors (Lipinski definition) is 7. The van der Waals surface area contributed by atoms with Crippen LogP contribution in [0.2, 0.25) is 0 Å². The van der Waals surface area contributed by atoms with Gasteiger partial charge in [0.15, 0.2) is 6.10 Å². The molecule has 2 unspecified atom stereocenters. The predicted octanol–water partition coefficient (Wildman–Crippen LogP) is 2.60. The fourth-order valence-electron chi connectivity index (χ4n) is 3.55. The molecule has 1 N–H and O–H groups in total. The molecule has 1 saturated heterocycles. The van der Waals surface area contributed by atoms with Gasteiger partial charge in [-0.1, -0.05) is 0 Å². The summed E-state index contributed by atoms with van der Waals surface area (Å²) in [6, 6.07) is 6.76. The second-order valence-corrected chi connectivity index (χ2v) is 7.07. The number of hydrogen-bond donors (Lipinski definition) is 1. The molecule has 29 heavy (non-hydrogen) atoms. The number of H-pyrrole nitrogens is 1. The molecule has 3 heterocycles. The molecule has 2 aliphatic rings. The highest BCUT2D eigenvalue weighted by Crippen LogP contribution is 2.51. The third-order valence-electron chi connectivity index (χ3n) is 5.15. The minimum Gasteiger partial charge on any atom is -0.481 e. The number of amides is 1. The van der Waals surface area contributed by atoms with Gasteiger partial charge in [-0.05, 0) is 49.2 Å². The number of ether oxygens (including phenoxy) is 1. The van der Waals surface area contributed by atoms with Gasteiger partial charge in [0.25, 0.3) is 11.6 Å². The van der Waals surface area contributed by atoms with Crippen LogP contribution in [0.3, 0.4) is 0 Å². The number of rotatable bonds is 5. The van der Waals surface area contributed by atoms with E-state index in [9.17, 15) is 18.0 Å². The van der Waals surface area contributed by atoms with Crippen LogP contribution >= 0.6 is 0 Å². The Hall–Kier alpha value is -3.05. The SMILES string of the molecule is CC(Oc1ccc(-c2nn[nH]n2)cc1)C(=O)N1CCCC(C2(C(F)(F)F)N=N2)C1. The van der Waals surface area contributed by atoms with Crippen LogP contribution in [0.5, 0.6) is 5.75 Å².